The maximum Gasteiger partial charge on any atom is 0.344 e. The number of aliphatic hydroxyl groups excluding tert-OH is 1. The summed E-state index contributed by atoms with van der Waals surface area (Å²) in [6.45, 7) is -0.672. The monoisotopic (exact) mass is 306 g/mol. The van der Waals surface area contributed by atoms with Crippen LogP contribution in [0.5, 0.6) is 0 Å². The molecule has 0 spiro atoms. The van der Waals surface area contributed by atoms with Crippen LogP contribution < -0.4 is 5.32 Å². The van der Waals surface area contributed by atoms with Crippen molar-refractivity contribution < 1.29 is 38.6 Å². The molecule has 0 bridgehead atoms. The summed E-state index contributed by atoms with van der Waals surface area (Å²) in [5.41, 5.74) is 0. The Kier molecular flexibility index (Phi) is 6.62. The first-order valence-electron chi connectivity index (χ1n) is 4.66. The van der Waals surface area contributed by atoms with Crippen LogP contribution in [-0.4, -0.2) is 67.8 Å². The molecule has 6 N–H and O–H groups in total. The maximum atomic E-state index is 11.7. The van der Waals surface area contributed by atoms with Crippen LogP contribution in [0.3, 0.4) is 0 Å². The first kappa shape index (κ1) is 17.7. The molecule has 0 aromatic carbocycles. The first-order chi connectivity index (χ1) is 8.00. The standard InChI is InChI=1S/C6H16N2O8P2/c1-7-5(2-9)6(10)8(3-17(11,12)13)4-18(14,15)16/h5,7,9H,2-4H2,1H3,(H2,11,12,13)(H2,14,15,16)/t5-/m0/s1. The van der Waals surface area contributed by atoms with Crippen LogP contribution in [0.2, 0.25) is 0 Å². The molecule has 0 fully saturated rings. The minimum atomic E-state index is -4.67. The summed E-state index contributed by atoms with van der Waals surface area (Å²) in [5, 5.41) is 11.2. The largest absolute Gasteiger partial charge is 0.394 e. The van der Waals surface area contributed by atoms with Crippen LogP contribution in [-0.2, 0) is 13.9 Å². The Morgan fingerprint density at radius 1 is 1.17 bits per heavy atom. The number of aliphatic hydroxyl groups is 1. The maximum absolute atomic E-state index is 11.7. The van der Waals surface area contributed by atoms with Crippen molar-refractivity contribution in [2.45, 2.75) is 6.04 Å². The third-order valence-corrected chi connectivity index (χ3v) is 3.27. The summed E-state index contributed by atoms with van der Waals surface area (Å²) in [6.07, 6.45) is -2.26. The molecule has 0 aromatic heterocycles. The van der Waals surface area contributed by atoms with Gasteiger partial charge in [0.05, 0.1) is 6.61 Å². The second kappa shape index (κ2) is 6.74. The predicted octanol–water partition coefficient (Wildman–Crippen LogP) is -2.33. The molecule has 0 unspecified atom stereocenters. The number of nitrogens with one attached hydrogen (secondary N) is 1. The van der Waals surface area contributed by atoms with E-state index in [2.05, 4.69) is 5.32 Å². The smallest absolute Gasteiger partial charge is 0.344 e. The SMILES string of the molecule is CN[C@@H](CO)C(=O)N(CP(=O)(O)O)CP(=O)(O)O. The van der Waals surface area contributed by atoms with Crippen LogP contribution in [0.25, 0.3) is 0 Å². The van der Waals surface area contributed by atoms with Crippen molar-refractivity contribution in [1.82, 2.24) is 10.2 Å². The number of carbonyl (C=O) groups is 1. The van der Waals surface area contributed by atoms with E-state index in [1.165, 1.54) is 7.05 Å². The van der Waals surface area contributed by atoms with Crippen LogP contribution in [0.1, 0.15) is 0 Å². The Hall–Kier alpha value is -0.310. The minimum absolute atomic E-state index is 0.332. The van der Waals surface area contributed by atoms with Crippen molar-refractivity contribution in [3.63, 3.8) is 0 Å². The number of carbonyl (C=O) groups excluding carboxylic acids is 1. The van der Waals surface area contributed by atoms with Crippen molar-refractivity contribution in [1.29, 1.82) is 0 Å². The van der Waals surface area contributed by atoms with E-state index >= 15 is 0 Å². The number of nitrogens with zero attached hydrogens (tertiary/aromatic N) is 1. The Balaban J connectivity index is 5.03. The van der Waals surface area contributed by atoms with Crippen molar-refractivity contribution in [3.05, 3.63) is 0 Å². The van der Waals surface area contributed by atoms with Gasteiger partial charge in [-0.05, 0) is 7.05 Å². The molecule has 108 valence electrons. The van der Waals surface area contributed by atoms with Crippen LogP contribution in [0.4, 0.5) is 0 Å². The molecule has 0 saturated heterocycles. The van der Waals surface area contributed by atoms with Gasteiger partial charge in [0.1, 0.15) is 18.6 Å². The van der Waals surface area contributed by atoms with Gasteiger partial charge in [0.15, 0.2) is 0 Å². The molecule has 0 radical (unpaired) electrons. The van der Waals surface area contributed by atoms with Crippen molar-refractivity contribution in [2.24, 2.45) is 0 Å². The lowest BCUT2D eigenvalue weighted by Crippen LogP contribution is -2.47. The topological polar surface area (TPSA) is 168 Å². The van der Waals surface area contributed by atoms with E-state index in [-0.39, 0.29) is 0 Å². The van der Waals surface area contributed by atoms with E-state index in [1.54, 1.807) is 0 Å². The van der Waals surface area contributed by atoms with Crippen molar-refractivity contribution in [3.8, 4) is 0 Å². The van der Waals surface area contributed by atoms with Crippen LogP contribution in [0.15, 0.2) is 0 Å². The summed E-state index contributed by atoms with van der Waals surface area (Å²) in [4.78, 5) is 47.0. The van der Waals surface area contributed by atoms with Crippen molar-refractivity contribution >= 4 is 21.1 Å². The summed E-state index contributed by atoms with van der Waals surface area (Å²) in [6, 6.07) is -1.19. The molecule has 12 heteroatoms. The Morgan fingerprint density at radius 3 is 1.78 bits per heavy atom. The Labute approximate surface area is 103 Å². The zero-order chi connectivity index (χ0) is 14.6. The lowest BCUT2D eigenvalue weighted by atomic mass is 10.3. The normalized spacial score (nSPS) is 14.3. The summed E-state index contributed by atoms with van der Waals surface area (Å²) < 4.78 is 21.6. The average Bonchev–Trinajstić information content (AvgIpc) is 2.14. The number of likely N-dealkylation sites (N-methyl/N-ethyl adjacent to an activating group) is 1. The molecule has 1 amide bonds. The lowest BCUT2D eigenvalue weighted by molar-refractivity contribution is -0.133. The molecule has 0 aliphatic heterocycles. The number of hydrogen-bond acceptors (Lipinski definition) is 5. The number of amides is 1. The third-order valence-electron chi connectivity index (χ3n) is 1.85. The van der Waals surface area contributed by atoms with Gasteiger partial charge in [-0.3, -0.25) is 13.9 Å². The highest BCUT2D eigenvalue weighted by atomic mass is 31.2. The van der Waals surface area contributed by atoms with Gasteiger partial charge in [0.25, 0.3) is 0 Å². The number of rotatable bonds is 7. The summed E-state index contributed by atoms with van der Waals surface area (Å²) >= 11 is 0. The molecular formula is C6H16N2O8P2. The van der Waals surface area contributed by atoms with E-state index in [0.717, 1.165) is 0 Å². The van der Waals surface area contributed by atoms with Crippen LogP contribution >= 0.6 is 15.2 Å². The molecule has 0 rings (SSSR count). The van der Waals surface area contributed by atoms with Crippen LogP contribution in [0, 0.1) is 0 Å². The molecule has 1 atom stereocenters. The molecule has 0 aliphatic rings. The second-order valence-corrected chi connectivity index (χ2v) is 6.74. The van der Waals surface area contributed by atoms with Crippen molar-refractivity contribution in [2.75, 3.05) is 26.2 Å². The van der Waals surface area contributed by atoms with E-state index in [0.29, 0.717) is 4.90 Å². The van der Waals surface area contributed by atoms with Gasteiger partial charge in [-0.2, -0.15) is 0 Å². The zero-order valence-electron chi connectivity index (χ0n) is 9.50. The second-order valence-electron chi connectivity index (χ2n) is 3.51. The van der Waals surface area contributed by atoms with Gasteiger partial charge >= 0.3 is 15.2 Å². The molecule has 0 aliphatic carbocycles. The average molecular weight is 306 g/mol. The Morgan fingerprint density at radius 2 is 1.56 bits per heavy atom. The van der Waals surface area contributed by atoms with E-state index < -0.39 is 46.3 Å². The van der Waals surface area contributed by atoms with E-state index in [4.69, 9.17) is 24.7 Å². The zero-order valence-corrected chi connectivity index (χ0v) is 11.3. The van der Waals surface area contributed by atoms with E-state index in [9.17, 15) is 13.9 Å². The fourth-order valence-electron chi connectivity index (χ4n) is 1.14. The molecule has 18 heavy (non-hydrogen) atoms. The van der Waals surface area contributed by atoms with Gasteiger partial charge in [-0.1, -0.05) is 0 Å². The van der Waals surface area contributed by atoms with Gasteiger partial charge in [-0.15, -0.1) is 0 Å². The molecular weight excluding hydrogens is 290 g/mol. The molecule has 0 aromatic rings. The quantitative estimate of drug-likeness (QED) is 0.282. The first-order valence-corrected chi connectivity index (χ1v) is 8.25. The highest BCUT2D eigenvalue weighted by molar-refractivity contribution is 7.52. The van der Waals surface area contributed by atoms with Gasteiger partial charge in [0, 0.05) is 0 Å². The molecule has 10 nitrogen and oxygen atoms in total. The van der Waals surface area contributed by atoms with E-state index in [1.807, 2.05) is 0 Å². The van der Waals surface area contributed by atoms with Gasteiger partial charge in [0.2, 0.25) is 5.91 Å². The van der Waals surface area contributed by atoms with Gasteiger partial charge in [-0.25, -0.2) is 0 Å². The highest BCUT2D eigenvalue weighted by Gasteiger charge is 2.32. The summed E-state index contributed by atoms with van der Waals surface area (Å²) in [5.74, 6) is -1.01. The lowest BCUT2D eigenvalue weighted by Gasteiger charge is -2.26. The molecule has 0 saturated carbocycles. The fourth-order valence-corrected chi connectivity index (χ4v) is 2.67. The van der Waals surface area contributed by atoms with Gasteiger partial charge < -0.3 is 34.9 Å². The highest BCUT2D eigenvalue weighted by Crippen LogP contribution is 2.40. The predicted molar refractivity (Wildman–Crippen MR) is 60.6 cm³/mol. The molecule has 0 heterocycles. The fraction of sp³-hybridized carbons (Fsp3) is 0.833. The summed E-state index contributed by atoms with van der Waals surface area (Å²) in [7, 11) is -8.03. The Bertz CT molecular complexity index is 348. The third kappa shape index (κ3) is 7.20. The number of hydrogen-bond donors (Lipinski definition) is 6. The minimum Gasteiger partial charge on any atom is -0.394 e.